The van der Waals surface area contributed by atoms with Gasteiger partial charge in [0, 0.05) is 28.9 Å². The van der Waals surface area contributed by atoms with Crippen LogP contribution >= 0.6 is 22.9 Å². The van der Waals surface area contributed by atoms with Gasteiger partial charge in [-0.05, 0) is 37.5 Å². The van der Waals surface area contributed by atoms with E-state index in [4.69, 9.17) is 11.6 Å². The first kappa shape index (κ1) is 16.3. The van der Waals surface area contributed by atoms with Crippen LogP contribution in [0.2, 0.25) is 5.02 Å². The van der Waals surface area contributed by atoms with Gasteiger partial charge < -0.3 is 10.6 Å². The summed E-state index contributed by atoms with van der Waals surface area (Å²) < 4.78 is 0. The minimum Gasteiger partial charge on any atom is -0.356 e. The average molecular weight is 349 g/mol. The van der Waals surface area contributed by atoms with Crippen LogP contribution in [-0.4, -0.2) is 24.5 Å². The topological polar surface area (TPSA) is 49.3 Å². The molecule has 122 valence electrons. The van der Waals surface area contributed by atoms with Gasteiger partial charge in [-0.25, -0.2) is 4.98 Å². The number of aromatic nitrogens is 1. The number of nitrogens with one attached hydrogen (secondary N) is 2. The second-order valence-corrected chi connectivity index (χ2v) is 7.31. The fourth-order valence-corrected chi connectivity index (χ4v) is 3.58. The molecule has 3 rings (SSSR count). The summed E-state index contributed by atoms with van der Waals surface area (Å²) in [6.45, 7) is 3.65. The van der Waals surface area contributed by atoms with Gasteiger partial charge in [-0.1, -0.05) is 23.7 Å². The van der Waals surface area contributed by atoms with Crippen LogP contribution in [0.1, 0.15) is 29.0 Å². The predicted molar refractivity (Wildman–Crippen MR) is 97.4 cm³/mol. The molecule has 4 nitrogen and oxygen atoms in total. The molecule has 1 aromatic heterocycles. The lowest BCUT2D eigenvalue weighted by Crippen LogP contribution is -2.40. The van der Waals surface area contributed by atoms with E-state index in [-0.39, 0.29) is 5.41 Å². The highest BCUT2D eigenvalue weighted by molar-refractivity contribution is 7.09. The molecule has 1 heterocycles. The van der Waals surface area contributed by atoms with E-state index >= 15 is 0 Å². The minimum absolute atomic E-state index is 0.197. The van der Waals surface area contributed by atoms with Crippen molar-refractivity contribution in [1.82, 2.24) is 15.6 Å². The molecule has 0 amide bonds. The molecule has 0 bridgehead atoms. The fraction of sp³-hybridized carbons (Fsp3) is 0.412. The Hall–Kier alpha value is -1.59. The van der Waals surface area contributed by atoms with Gasteiger partial charge in [0.05, 0.1) is 17.7 Å². The van der Waals surface area contributed by atoms with Crippen LogP contribution in [-0.2, 0) is 12.0 Å². The number of halogens is 1. The molecule has 6 heteroatoms. The van der Waals surface area contributed by atoms with Gasteiger partial charge in [-0.3, -0.25) is 4.99 Å². The number of aryl methyl sites for hydroxylation is 1. The van der Waals surface area contributed by atoms with Crippen molar-refractivity contribution >= 4 is 28.9 Å². The van der Waals surface area contributed by atoms with E-state index in [1.165, 1.54) is 23.3 Å². The highest BCUT2D eigenvalue weighted by Crippen LogP contribution is 2.48. The zero-order chi connectivity index (χ0) is 16.3. The summed E-state index contributed by atoms with van der Waals surface area (Å²) in [6.07, 6.45) is 2.37. The normalized spacial score (nSPS) is 16.2. The lowest BCUT2D eigenvalue weighted by atomic mass is 9.96. The van der Waals surface area contributed by atoms with Crippen molar-refractivity contribution in [2.24, 2.45) is 4.99 Å². The monoisotopic (exact) mass is 348 g/mol. The number of guanidine groups is 1. The first-order valence-electron chi connectivity index (χ1n) is 7.72. The van der Waals surface area contributed by atoms with Crippen LogP contribution in [0.25, 0.3) is 0 Å². The predicted octanol–water partition coefficient (Wildman–Crippen LogP) is 3.50. The molecule has 1 aromatic carbocycles. The molecule has 0 unspecified atom stereocenters. The summed E-state index contributed by atoms with van der Waals surface area (Å²) in [6, 6.07) is 8.19. The SMILES string of the molecule is CN=C(NCc1scnc1C)NCC1(c2cccc(Cl)c2)CC1. The molecule has 1 aliphatic rings. The van der Waals surface area contributed by atoms with Crippen molar-refractivity contribution in [3.8, 4) is 0 Å². The zero-order valence-electron chi connectivity index (χ0n) is 13.4. The number of thiazole rings is 1. The highest BCUT2D eigenvalue weighted by Gasteiger charge is 2.44. The maximum absolute atomic E-state index is 6.13. The van der Waals surface area contributed by atoms with E-state index < -0.39 is 0 Å². The first-order chi connectivity index (χ1) is 11.1. The second-order valence-electron chi connectivity index (χ2n) is 5.93. The van der Waals surface area contributed by atoms with Gasteiger partial charge >= 0.3 is 0 Å². The summed E-state index contributed by atoms with van der Waals surface area (Å²) >= 11 is 7.79. The van der Waals surface area contributed by atoms with Gasteiger partial charge in [0.25, 0.3) is 0 Å². The zero-order valence-corrected chi connectivity index (χ0v) is 15.0. The summed E-state index contributed by atoms with van der Waals surface area (Å²) in [5.41, 5.74) is 4.46. The second kappa shape index (κ2) is 6.89. The molecule has 2 N–H and O–H groups in total. The maximum atomic E-state index is 6.13. The largest absolute Gasteiger partial charge is 0.356 e. The summed E-state index contributed by atoms with van der Waals surface area (Å²) in [7, 11) is 1.80. The van der Waals surface area contributed by atoms with Crippen LogP contribution in [0.3, 0.4) is 0 Å². The van der Waals surface area contributed by atoms with E-state index in [1.807, 2.05) is 24.6 Å². The number of aliphatic imine (C=N–C) groups is 1. The molecule has 1 fully saturated rings. The van der Waals surface area contributed by atoms with Gasteiger partial charge in [-0.15, -0.1) is 11.3 Å². The number of hydrogen-bond donors (Lipinski definition) is 2. The van der Waals surface area contributed by atoms with Crippen molar-refractivity contribution in [2.75, 3.05) is 13.6 Å². The van der Waals surface area contributed by atoms with Crippen molar-refractivity contribution in [2.45, 2.75) is 31.7 Å². The molecule has 0 saturated heterocycles. The molecule has 1 aliphatic carbocycles. The molecule has 23 heavy (non-hydrogen) atoms. The number of hydrogen-bond acceptors (Lipinski definition) is 3. The Morgan fingerprint density at radius 3 is 2.83 bits per heavy atom. The molecule has 0 aliphatic heterocycles. The van der Waals surface area contributed by atoms with E-state index in [0.29, 0.717) is 0 Å². The molecule has 0 spiro atoms. The van der Waals surface area contributed by atoms with Crippen molar-refractivity contribution in [3.05, 3.63) is 50.9 Å². The van der Waals surface area contributed by atoms with Gasteiger partial charge in [-0.2, -0.15) is 0 Å². The van der Waals surface area contributed by atoms with E-state index in [2.05, 4.69) is 32.7 Å². The minimum atomic E-state index is 0.197. The van der Waals surface area contributed by atoms with Crippen LogP contribution in [0.15, 0.2) is 34.8 Å². The number of benzene rings is 1. The molecule has 1 saturated carbocycles. The Kier molecular flexibility index (Phi) is 4.87. The Bertz CT molecular complexity index is 706. The van der Waals surface area contributed by atoms with E-state index in [9.17, 15) is 0 Å². The smallest absolute Gasteiger partial charge is 0.191 e. The van der Waals surface area contributed by atoms with Crippen LogP contribution in [0.5, 0.6) is 0 Å². The lowest BCUT2D eigenvalue weighted by Gasteiger charge is -2.19. The Morgan fingerprint density at radius 2 is 2.22 bits per heavy atom. The maximum Gasteiger partial charge on any atom is 0.191 e. The average Bonchev–Trinajstić information content (AvgIpc) is 3.24. The summed E-state index contributed by atoms with van der Waals surface area (Å²) in [4.78, 5) is 9.82. The highest BCUT2D eigenvalue weighted by atomic mass is 35.5. The lowest BCUT2D eigenvalue weighted by molar-refractivity contribution is 0.646. The fourth-order valence-electron chi connectivity index (χ4n) is 2.67. The Balaban J connectivity index is 1.57. The van der Waals surface area contributed by atoms with Gasteiger partial charge in [0.2, 0.25) is 0 Å². The Morgan fingerprint density at radius 1 is 1.39 bits per heavy atom. The van der Waals surface area contributed by atoms with Gasteiger partial charge in [0.15, 0.2) is 5.96 Å². The number of rotatable bonds is 5. The summed E-state index contributed by atoms with van der Waals surface area (Å²) in [5, 5.41) is 7.61. The number of nitrogens with zero attached hydrogens (tertiary/aromatic N) is 2. The third kappa shape index (κ3) is 3.85. The summed E-state index contributed by atoms with van der Waals surface area (Å²) in [5.74, 6) is 0.825. The third-order valence-electron chi connectivity index (χ3n) is 4.37. The molecule has 2 aromatic rings. The molecule has 0 radical (unpaired) electrons. The molecule has 0 atom stereocenters. The third-order valence-corrected chi connectivity index (χ3v) is 5.54. The van der Waals surface area contributed by atoms with E-state index in [1.54, 1.807) is 18.4 Å². The van der Waals surface area contributed by atoms with Crippen LogP contribution in [0, 0.1) is 6.92 Å². The quantitative estimate of drug-likeness (QED) is 0.642. The van der Waals surface area contributed by atoms with Gasteiger partial charge in [0.1, 0.15) is 0 Å². The standard InChI is InChI=1S/C17H21ClN4S/c1-12-15(23-11-22-12)9-20-16(19-2)21-10-17(6-7-17)13-4-3-5-14(18)8-13/h3-5,8,11H,6-7,9-10H2,1-2H3,(H2,19,20,21). The van der Waals surface area contributed by atoms with Crippen molar-refractivity contribution in [3.63, 3.8) is 0 Å². The van der Waals surface area contributed by atoms with Crippen LogP contribution < -0.4 is 10.6 Å². The van der Waals surface area contributed by atoms with Crippen LogP contribution in [0.4, 0.5) is 0 Å². The molecular formula is C17H21ClN4S. The van der Waals surface area contributed by atoms with Crippen molar-refractivity contribution in [1.29, 1.82) is 0 Å². The van der Waals surface area contributed by atoms with Crippen molar-refractivity contribution < 1.29 is 0 Å². The first-order valence-corrected chi connectivity index (χ1v) is 8.98. The Labute approximate surface area is 146 Å². The van der Waals surface area contributed by atoms with E-state index in [0.717, 1.165) is 29.8 Å². The molecular weight excluding hydrogens is 328 g/mol.